The van der Waals surface area contributed by atoms with Gasteiger partial charge in [-0.25, -0.2) is 4.79 Å². The largest absolute Gasteiger partial charge is 0.464 e. The van der Waals surface area contributed by atoms with Gasteiger partial charge in [-0.1, -0.05) is 11.8 Å². The zero-order chi connectivity index (χ0) is 15.4. The lowest BCUT2D eigenvalue weighted by Gasteiger charge is -2.14. The summed E-state index contributed by atoms with van der Waals surface area (Å²) in [6, 6.07) is 3.04. The Morgan fingerprint density at radius 3 is 2.76 bits per heavy atom. The maximum atomic E-state index is 12.0. The topological polar surface area (TPSA) is 89.5 Å². The van der Waals surface area contributed by atoms with E-state index in [1.165, 1.54) is 36.8 Å². The number of aromatic nitrogens is 2. The second-order valence-electron chi connectivity index (χ2n) is 4.65. The van der Waals surface area contributed by atoms with Crippen LogP contribution in [0.4, 0.5) is 5.82 Å². The van der Waals surface area contributed by atoms with Crippen LogP contribution in [0.3, 0.4) is 0 Å². The van der Waals surface area contributed by atoms with Crippen molar-refractivity contribution in [2.24, 2.45) is 5.92 Å². The number of nitrogens with zero attached hydrogens (tertiary/aromatic N) is 3. The first kappa shape index (κ1) is 15.4. The molecule has 0 aliphatic carbocycles. The average molecular weight is 309 g/mol. The summed E-state index contributed by atoms with van der Waals surface area (Å²) in [5.41, 5.74) is 0.0941. The summed E-state index contributed by atoms with van der Waals surface area (Å²) in [5, 5.41) is 7.68. The van der Waals surface area contributed by atoms with Gasteiger partial charge in [0.25, 0.3) is 0 Å². The molecule has 7 nitrogen and oxygen atoms in total. The Hall–Kier alpha value is -1.96. The first-order chi connectivity index (χ1) is 10.0. The number of carbonyl (C=O) groups excluding carboxylic acids is 3. The van der Waals surface area contributed by atoms with Crippen LogP contribution in [0.15, 0.2) is 12.1 Å². The zero-order valence-corrected chi connectivity index (χ0v) is 12.6. The number of hydrogen-bond acceptors (Lipinski definition) is 7. The van der Waals surface area contributed by atoms with Crippen molar-refractivity contribution in [3.05, 3.63) is 17.8 Å². The van der Waals surface area contributed by atoms with Gasteiger partial charge in [0, 0.05) is 25.6 Å². The van der Waals surface area contributed by atoms with Crippen molar-refractivity contribution >= 4 is 34.6 Å². The molecule has 0 N–H and O–H groups in total. The number of esters is 1. The molecule has 8 heteroatoms. The number of carbonyl (C=O) groups is 3. The van der Waals surface area contributed by atoms with Gasteiger partial charge >= 0.3 is 5.97 Å². The zero-order valence-electron chi connectivity index (χ0n) is 11.7. The fourth-order valence-corrected chi connectivity index (χ4v) is 2.73. The lowest BCUT2D eigenvalue weighted by atomic mass is 10.1. The molecule has 0 spiro atoms. The van der Waals surface area contributed by atoms with Crippen LogP contribution in [0.5, 0.6) is 0 Å². The molecule has 1 amide bonds. The fraction of sp³-hybridized carbons (Fsp3) is 0.462. The Morgan fingerprint density at radius 1 is 1.43 bits per heavy atom. The number of thioether (sulfide) groups is 1. The van der Waals surface area contributed by atoms with Crippen LogP contribution in [0.1, 0.15) is 23.8 Å². The summed E-state index contributed by atoms with van der Waals surface area (Å²) in [6.07, 6.45) is 0.390. The molecule has 0 aromatic carbocycles. The normalized spacial score (nSPS) is 17.9. The maximum Gasteiger partial charge on any atom is 0.358 e. The monoisotopic (exact) mass is 309 g/mol. The Bertz CT molecular complexity index is 561. The second kappa shape index (κ2) is 6.66. The molecular weight excluding hydrogens is 294 g/mol. The first-order valence-electron chi connectivity index (χ1n) is 6.37. The minimum Gasteiger partial charge on any atom is -0.464 e. The van der Waals surface area contributed by atoms with Crippen molar-refractivity contribution in [2.75, 3.05) is 24.3 Å². The van der Waals surface area contributed by atoms with Gasteiger partial charge in [0.15, 0.2) is 16.6 Å². The molecule has 21 heavy (non-hydrogen) atoms. The van der Waals surface area contributed by atoms with E-state index in [9.17, 15) is 14.4 Å². The van der Waals surface area contributed by atoms with E-state index < -0.39 is 5.97 Å². The van der Waals surface area contributed by atoms with Gasteiger partial charge in [-0.15, -0.1) is 10.2 Å². The van der Waals surface area contributed by atoms with Crippen molar-refractivity contribution in [3.63, 3.8) is 0 Å². The lowest BCUT2D eigenvalue weighted by molar-refractivity contribution is -0.117. The summed E-state index contributed by atoms with van der Waals surface area (Å²) in [5.74, 6) is 0.517. The molecule has 0 bridgehead atoms. The molecule has 1 aliphatic rings. The maximum absolute atomic E-state index is 12.0. The number of hydrogen-bond donors (Lipinski definition) is 0. The fourth-order valence-electron chi connectivity index (χ4n) is 2.03. The molecular formula is C13H15N3O4S. The molecule has 1 saturated heterocycles. The molecule has 1 unspecified atom stereocenters. The van der Waals surface area contributed by atoms with E-state index in [4.69, 9.17) is 0 Å². The van der Waals surface area contributed by atoms with Gasteiger partial charge in [-0.05, 0) is 18.1 Å². The van der Waals surface area contributed by atoms with Crippen LogP contribution in [0.25, 0.3) is 0 Å². The van der Waals surface area contributed by atoms with Gasteiger partial charge in [0.05, 0.1) is 7.11 Å². The van der Waals surface area contributed by atoms with E-state index in [1.54, 1.807) is 6.07 Å². The smallest absolute Gasteiger partial charge is 0.358 e. The average Bonchev–Trinajstić information content (AvgIpc) is 2.85. The van der Waals surface area contributed by atoms with Gasteiger partial charge in [0.1, 0.15) is 0 Å². The Morgan fingerprint density at radius 2 is 2.19 bits per heavy atom. The molecule has 1 aromatic heterocycles. The van der Waals surface area contributed by atoms with Gasteiger partial charge < -0.3 is 4.74 Å². The van der Waals surface area contributed by atoms with Crippen molar-refractivity contribution in [1.29, 1.82) is 0 Å². The Kier molecular flexibility index (Phi) is 4.89. The van der Waals surface area contributed by atoms with E-state index in [0.717, 1.165) is 0 Å². The van der Waals surface area contributed by atoms with Crippen molar-refractivity contribution in [2.45, 2.75) is 13.3 Å². The van der Waals surface area contributed by atoms with E-state index in [1.807, 2.05) is 0 Å². The van der Waals surface area contributed by atoms with Crippen LogP contribution in [-0.2, 0) is 14.3 Å². The quantitative estimate of drug-likeness (QED) is 0.763. The van der Waals surface area contributed by atoms with Gasteiger partial charge in [-0.2, -0.15) is 0 Å². The van der Waals surface area contributed by atoms with Crippen molar-refractivity contribution < 1.29 is 19.1 Å². The highest BCUT2D eigenvalue weighted by atomic mass is 32.2. The number of ether oxygens (including phenoxy) is 1. The summed E-state index contributed by atoms with van der Waals surface area (Å²) >= 11 is 1.22. The standard InChI is InChI=1S/C13H15N3O4S/c1-8(17)21-7-9-5-12(18)16(6-9)11-4-3-10(14-15-11)13(19)20-2/h3-4,9H,5-7H2,1-2H3. The van der Waals surface area contributed by atoms with Crippen LogP contribution in [0.2, 0.25) is 0 Å². The van der Waals surface area contributed by atoms with Crippen LogP contribution < -0.4 is 4.90 Å². The summed E-state index contributed by atoms with van der Waals surface area (Å²) in [6.45, 7) is 2.02. The lowest BCUT2D eigenvalue weighted by Crippen LogP contribution is -2.26. The molecule has 1 atom stereocenters. The predicted octanol–water partition coefficient (Wildman–Crippen LogP) is 0.896. The highest BCUT2D eigenvalue weighted by molar-refractivity contribution is 8.13. The minimum atomic E-state index is -0.572. The van der Waals surface area contributed by atoms with E-state index in [-0.39, 0.29) is 22.6 Å². The van der Waals surface area contributed by atoms with Crippen molar-refractivity contribution in [3.8, 4) is 0 Å². The predicted molar refractivity (Wildman–Crippen MR) is 77.0 cm³/mol. The molecule has 1 fully saturated rings. The summed E-state index contributed by atoms with van der Waals surface area (Å²) < 4.78 is 4.54. The third-order valence-corrected chi connectivity index (χ3v) is 4.09. The van der Waals surface area contributed by atoms with E-state index in [0.29, 0.717) is 24.5 Å². The Labute approximate surface area is 126 Å². The van der Waals surface area contributed by atoms with Gasteiger partial charge in [0.2, 0.25) is 5.91 Å². The number of anilines is 1. The van der Waals surface area contributed by atoms with Crippen LogP contribution >= 0.6 is 11.8 Å². The molecule has 112 valence electrons. The first-order valence-corrected chi connectivity index (χ1v) is 7.35. The number of amides is 1. The third kappa shape index (κ3) is 3.78. The second-order valence-corrected chi connectivity index (χ2v) is 5.84. The molecule has 2 heterocycles. The van der Waals surface area contributed by atoms with Crippen molar-refractivity contribution in [1.82, 2.24) is 10.2 Å². The highest BCUT2D eigenvalue weighted by Gasteiger charge is 2.31. The molecule has 0 saturated carbocycles. The van der Waals surface area contributed by atoms with Crippen LogP contribution in [-0.4, -0.2) is 46.6 Å². The summed E-state index contributed by atoms with van der Waals surface area (Å²) in [4.78, 5) is 35.7. The molecule has 2 rings (SSSR count). The van der Waals surface area contributed by atoms with E-state index >= 15 is 0 Å². The van der Waals surface area contributed by atoms with E-state index in [2.05, 4.69) is 14.9 Å². The third-order valence-electron chi connectivity index (χ3n) is 3.05. The number of methoxy groups -OCH3 is 1. The summed E-state index contributed by atoms with van der Waals surface area (Å²) in [7, 11) is 1.26. The number of rotatable bonds is 4. The molecule has 0 radical (unpaired) electrons. The SMILES string of the molecule is COC(=O)c1ccc(N2CC(CSC(C)=O)CC2=O)nn1. The molecule has 1 aromatic rings. The minimum absolute atomic E-state index is 0.0446. The van der Waals surface area contributed by atoms with Gasteiger partial charge in [-0.3, -0.25) is 14.5 Å². The molecule has 1 aliphatic heterocycles. The Balaban J connectivity index is 2.03. The van der Waals surface area contributed by atoms with Crippen LogP contribution in [0, 0.1) is 5.92 Å². The highest BCUT2D eigenvalue weighted by Crippen LogP contribution is 2.25.